The molecule has 2 rings (SSSR count). The minimum atomic E-state index is -0.101. The molecule has 0 fully saturated rings. The van der Waals surface area contributed by atoms with E-state index in [2.05, 4.69) is 10.3 Å². The fourth-order valence-electron chi connectivity index (χ4n) is 1.85. The van der Waals surface area contributed by atoms with Gasteiger partial charge in [0.15, 0.2) is 0 Å². The van der Waals surface area contributed by atoms with Gasteiger partial charge in [0.2, 0.25) is 0 Å². The summed E-state index contributed by atoms with van der Waals surface area (Å²) in [6.07, 6.45) is 2.38. The van der Waals surface area contributed by atoms with Crippen LogP contribution in [0.2, 0.25) is 0 Å². The van der Waals surface area contributed by atoms with Gasteiger partial charge in [0.05, 0.1) is 0 Å². The van der Waals surface area contributed by atoms with Crippen molar-refractivity contribution in [1.82, 2.24) is 10.3 Å². The van der Waals surface area contributed by atoms with E-state index in [1.165, 1.54) is 0 Å². The highest BCUT2D eigenvalue weighted by atomic mass is 16.3. The zero-order chi connectivity index (χ0) is 12.3. The first-order valence-electron chi connectivity index (χ1n) is 5.70. The van der Waals surface area contributed by atoms with E-state index in [4.69, 9.17) is 5.11 Å². The van der Waals surface area contributed by atoms with Gasteiger partial charge in [-0.1, -0.05) is 6.07 Å². The Bertz CT molecular complexity index is 519. The zero-order valence-corrected chi connectivity index (χ0v) is 9.73. The van der Waals surface area contributed by atoms with Crippen LogP contribution >= 0.6 is 0 Å². The molecule has 0 bridgehead atoms. The van der Waals surface area contributed by atoms with Gasteiger partial charge in [-0.15, -0.1) is 0 Å². The number of carbonyl (C=O) groups excluding carboxylic acids is 1. The van der Waals surface area contributed by atoms with E-state index < -0.39 is 0 Å². The highest BCUT2D eigenvalue weighted by Crippen LogP contribution is 2.17. The van der Waals surface area contributed by atoms with Crippen LogP contribution < -0.4 is 5.32 Å². The number of aliphatic hydroxyl groups is 1. The van der Waals surface area contributed by atoms with Crippen molar-refractivity contribution in [2.45, 2.75) is 19.4 Å². The average Bonchev–Trinajstić information content (AvgIpc) is 2.76. The van der Waals surface area contributed by atoms with Crippen molar-refractivity contribution in [2.24, 2.45) is 0 Å². The Morgan fingerprint density at radius 3 is 3.06 bits per heavy atom. The second-order valence-corrected chi connectivity index (χ2v) is 4.13. The summed E-state index contributed by atoms with van der Waals surface area (Å²) in [5.41, 5.74) is 1.61. The summed E-state index contributed by atoms with van der Waals surface area (Å²) in [5.74, 6) is -0.101. The first-order valence-corrected chi connectivity index (χ1v) is 5.70. The Hall–Kier alpha value is -1.81. The van der Waals surface area contributed by atoms with Crippen LogP contribution in [0.4, 0.5) is 0 Å². The fraction of sp³-hybridized carbons (Fsp3) is 0.308. The second-order valence-electron chi connectivity index (χ2n) is 4.13. The van der Waals surface area contributed by atoms with Crippen LogP contribution in [-0.2, 0) is 0 Å². The third-order valence-corrected chi connectivity index (χ3v) is 2.78. The van der Waals surface area contributed by atoms with Gasteiger partial charge < -0.3 is 15.4 Å². The number of aromatic nitrogens is 1. The molecule has 1 amide bonds. The normalized spacial score (nSPS) is 12.6. The van der Waals surface area contributed by atoms with E-state index in [-0.39, 0.29) is 18.6 Å². The highest BCUT2D eigenvalue weighted by molar-refractivity contribution is 6.06. The first-order chi connectivity index (χ1) is 8.22. The molecule has 1 unspecified atom stereocenters. The zero-order valence-electron chi connectivity index (χ0n) is 9.73. The molecule has 4 nitrogen and oxygen atoms in total. The van der Waals surface area contributed by atoms with Crippen LogP contribution in [0.3, 0.4) is 0 Å². The molecule has 90 valence electrons. The molecule has 1 heterocycles. The number of rotatable bonds is 4. The predicted octanol–water partition coefficient (Wildman–Crippen LogP) is 1.67. The Morgan fingerprint density at radius 1 is 1.47 bits per heavy atom. The molecule has 1 atom stereocenters. The molecular formula is C13H16N2O2. The number of benzene rings is 1. The van der Waals surface area contributed by atoms with E-state index >= 15 is 0 Å². The van der Waals surface area contributed by atoms with Gasteiger partial charge in [-0.3, -0.25) is 4.79 Å². The summed E-state index contributed by atoms with van der Waals surface area (Å²) in [6, 6.07) is 7.45. The lowest BCUT2D eigenvalue weighted by Crippen LogP contribution is -2.33. The van der Waals surface area contributed by atoms with Gasteiger partial charge in [0, 0.05) is 35.3 Å². The molecule has 0 radical (unpaired) electrons. The molecule has 4 heteroatoms. The Balaban J connectivity index is 2.21. The van der Waals surface area contributed by atoms with E-state index in [0.717, 1.165) is 10.9 Å². The summed E-state index contributed by atoms with van der Waals surface area (Å²) in [5, 5.41) is 12.6. The summed E-state index contributed by atoms with van der Waals surface area (Å²) in [7, 11) is 0. The van der Waals surface area contributed by atoms with Gasteiger partial charge in [-0.05, 0) is 31.5 Å². The van der Waals surface area contributed by atoms with Crippen molar-refractivity contribution >= 4 is 16.8 Å². The molecule has 0 spiro atoms. The topological polar surface area (TPSA) is 65.1 Å². The van der Waals surface area contributed by atoms with Gasteiger partial charge in [-0.25, -0.2) is 0 Å². The van der Waals surface area contributed by atoms with Crippen LogP contribution in [0.5, 0.6) is 0 Å². The second kappa shape index (κ2) is 5.01. The number of H-pyrrole nitrogens is 1. The van der Waals surface area contributed by atoms with Crippen molar-refractivity contribution in [1.29, 1.82) is 0 Å². The molecule has 1 aromatic heterocycles. The first kappa shape index (κ1) is 11.7. The molecule has 1 aromatic carbocycles. The molecule has 0 aliphatic rings. The lowest BCUT2D eigenvalue weighted by Gasteiger charge is -2.12. The van der Waals surface area contributed by atoms with E-state index in [1.54, 1.807) is 6.07 Å². The molecule has 17 heavy (non-hydrogen) atoms. The minimum absolute atomic E-state index is 0.0262. The number of aliphatic hydroxyl groups excluding tert-OH is 1. The number of hydrogen-bond acceptors (Lipinski definition) is 2. The number of hydrogen-bond donors (Lipinski definition) is 3. The van der Waals surface area contributed by atoms with E-state index in [0.29, 0.717) is 12.0 Å². The smallest absolute Gasteiger partial charge is 0.252 e. The molecule has 0 aliphatic carbocycles. The molecule has 0 saturated heterocycles. The van der Waals surface area contributed by atoms with Crippen LogP contribution in [-0.4, -0.2) is 28.6 Å². The van der Waals surface area contributed by atoms with E-state index in [9.17, 15) is 4.79 Å². The lowest BCUT2D eigenvalue weighted by atomic mass is 10.1. The van der Waals surface area contributed by atoms with Gasteiger partial charge >= 0.3 is 0 Å². The standard InChI is InChI=1S/C13H16N2O2/c1-9(6-8-16)15-13(17)11-3-2-4-12-10(11)5-7-14-12/h2-5,7,9,14,16H,6,8H2,1H3,(H,15,17). The maximum atomic E-state index is 12.0. The number of carbonyl (C=O) groups is 1. The number of aromatic amines is 1. The van der Waals surface area contributed by atoms with Crippen molar-refractivity contribution < 1.29 is 9.90 Å². The van der Waals surface area contributed by atoms with Crippen molar-refractivity contribution in [3.8, 4) is 0 Å². The summed E-state index contributed by atoms with van der Waals surface area (Å²) in [6.45, 7) is 1.96. The molecule has 0 aliphatic heterocycles. The van der Waals surface area contributed by atoms with Crippen LogP contribution in [0.25, 0.3) is 10.9 Å². The lowest BCUT2D eigenvalue weighted by molar-refractivity contribution is 0.0936. The van der Waals surface area contributed by atoms with Crippen molar-refractivity contribution in [3.05, 3.63) is 36.0 Å². The van der Waals surface area contributed by atoms with Gasteiger partial charge in [0.25, 0.3) is 5.91 Å². The van der Waals surface area contributed by atoms with Crippen LogP contribution in [0.15, 0.2) is 30.5 Å². The maximum Gasteiger partial charge on any atom is 0.252 e. The summed E-state index contributed by atoms with van der Waals surface area (Å²) in [4.78, 5) is 15.1. The number of amides is 1. The summed E-state index contributed by atoms with van der Waals surface area (Å²) < 4.78 is 0. The van der Waals surface area contributed by atoms with Crippen LogP contribution in [0.1, 0.15) is 23.7 Å². The third-order valence-electron chi connectivity index (χ3n) is 2.78. The molecule has 3 N–H and O–H groups in total. The van der Waals surface area contributed by atoms with E-state index in [1.807, 2.05) is 31.3 Å². The quantitative estimate of drug-likeness (QED) is 0.750. The fourth-order valence-corrected chi connectivity index (χ4v) is 1.85. The largest absolute Gasteiger partial charge is 0.396 e. The minimum Gasteiger partial charge on any atom is -0.396 e. The Morgan fingerprint density at radius 2 is 2.29 bits per heavy atom. The number of nitrogens with one attached hydrogen (secondary N) is 2. The molecule has 0 saturated carbocycles. The van der Waals surface area contributed by atoms with Crippen molar-refractivity contribution in [3.63, 3.8) is 0 Å². The van der Waals surface area contributed by atoms with Crippen molar-refractivity contribution in [2.75, 3.05) is 6.61 Å². The maximum absolute atomic E-state index is 12.0. The van der Waals surface area contributed by atoms with Gasteiger partial charge in [-0.2, -0.15) is 0 Å². The highest BCUT2D eigenvalue weighted by Gasteiger charge is 2.12. The third kappa shape index (κ3) is 2.47. The summed E-state index contributed by atoms with van der Waals surface area (Å²) >= 11 is 0. The number of fused-ring (bicyclic) bond motifs is 1. The predicted molar refractivity (Wildman–Crippen MR) is 66.9 cm³/mol. The Kier molecular flexibility index (Phi) is 3.44. The molecule has 2 aromatic rings. The molecular weight excluding hydrogens is 216 g/mol. The Labute approximate surface area is 99.7 Å². The van der Waals surface area contributed by atoms with Gasteiger partial charge in [0.1, 0.15) is 0 Å². The average molecular weight is 232 g/mol. The monoisotopic (exact) mass is 232 g/mol. The van der Waals surface area contributed by atoms with Crippen LogP contribution in [0, 0.1) is 0 Å². The SMILES string of the molecule is CC(CCO)NC(=O)c1cccc2[nH]ccc12.